The highest BCUT2D eigenvalue weighted by molar-refractivity contribution is 6.99. The fourth-order valence-electron chi connectivity index (χ4n) is 4.35. The van der Waals surface area contributed by atoms with E-state index in [0.29, 0.717) is 6.61 Å². The number of ether oxygens (including phenoxy) is 1. The maximum absolute atomic E-state index is 12.0. The Balaban J connectivity index is 2.01. The molecular weight excluding hydrogens is 376 g/mol. The van der Waals surface area contributed by atoms with E-state index < -0.39 is 8.32 Å². The van der Waals surface area contributed by atoms with Crippen molar-refractivity contribution in [3.8, 4) is 0 Å². The van der Waals surface area contributed by atoms with Crippen LogP contribution in [-0.2, 0) is 14.0 Å². The highest BCUT2D eigenvalue weighted by atomic mass is 28.4. The van der Waals surface area contributed by atoms with E-state index in [0.717, 1.165) is 6.42 Å². The van der Waals surface area contributed by atoms with Crippen LogP contribution in [0.5, 0.6) is 0 Å². The van der Waals surface area contributed by atoms with E-state index in [1.165, 1.54) is 10.4 Å². The van der Waals surface area contributed by atoms with Gasteiger partial charge >= 0.3 is 5.97 Å². The highest BCUT2D eigenvalue weighted by Gasteiger charge is 2.52. The first-order valence-corrected chi connectivity index (χ1v) is 12.4. The van der Waals surface area contributed by atoms with E-state index in [-0.39, 0.29) is 28.4 Å². The van der Waals surface area contributed by atoms with Gasteiger partial charge in [0, 0.05) is 12.0 Å². The Morgan fingerprint density at radius 3 is 1.79 bits per heavy atom. The van der Waals surface area contributed by atoms with Gasteiger partial charge in [0.25, 0.3) is 8.32 Å². The average molecular weight is 411 g/mol. The second-order valence-corrected chi connectivity index (χ2v) is 14.3. The van der Waals surface area contributed by atoms with Gasteiger partial charge < -0.3 is 9.16 Å². The molecule has 1 heterocycles. The molecule has 0 spiro atoms. The molecule has 2 aromatic rings. The van der Waals surface area contributed by atoms with Gasteiger partial charge in [0.15, 0.2) is 0 Å². The largest absolute Gasteiger partial charge is 0.461 e. The van der Waals surface area contributed by atoms with E-state index in [1.807, 2.05) is 6.92 Å². The second kappa shape index (κ2) is 8.08. The first-order chi connectivity index (χ1) is 13.6. The Bertz CT molecular complexity index is 785. The zero-order valence-electron chi connectivity index (χ0n) is 18.6. The molecule has 1 aliphatic heterocycles. The average Bonchev–Trinajstić information content (AvgIpc) is 3.02. The summed E-state index contributed by atoms with van der Waals surface area (Å²) in [7, 11) is -2.58. The minimum absolute atomic E-state index is 0.0351. The number of hydrogen-bond donors (Lipinski definition) is 0. The van der Waals surface area contributed by atoms with Crippen LogP contribution in [0.4, 0.5) is 0 Å². The molecule has 0 bridgehead atoms. The number of rotatable bonds is 6. The van der Waals surface area contributed by atoms with Crippen molar-refractivity contribution in [2.24, 2.45) is 11.3 Å². The Kier molecular flexibility index (Phi) is 6.07. The third kappa shape index (κ3) is 4.19. The smallest absolute Gasteiger partial charge is 0.309 e. The molecule has 0 saturated carbocycles. The molecule has 156 valence electrons. The summed E-state index contributed by atoms with van der Waals surface area (Å²) in [5.41, 5.74) is -0.256. The van der Waals surface area contributed by atoms with Crippen molar-refractivity contribution in [1.82, 2.24) is 0 Å². The monoisotopic (exact) mass is 410 g/mol. The summed E-state index contributed by atoms with van der Waals surface area (Å²) in [5.74, 6) is -0.124. The SMILES string of the molecule is C[C@@H]1C[C@H](C(C)(C)CO[Si](c2ccccc2)(c2ccccc2)C(C)(C)C)OC1=O. The zero-order valence-corrected chi connectivity index (χ0v) is 19.6. The van der Waals surface area contributed by atoms with Crippen LogP contribution < -0.4 is 10.4 Å². The molecule has 1 fully saturated rings. The zero-order chi connectivity index (χ0) is 21.3. The van der Waals surface area contributed by atoms with Crippen LogP contribution in [0, 0.1) is 11.3 Å². The van der Waals surface area contributed by atoms with Crippen molar-refractivity contribution in [3.05, 3.63) is 60.7 Å². The van der Waals surface area contributed by atoms with Gasteiger partial charge in [-0.2, -0.15) is 0 Å². The number of hydrogen-bond acceptors (Lipinski definition) is 3. The first-order valence-electron chi connectivity index (χ1n) is 10.5. The Morgan fingerprint density at radius 1 is 0.931 bits per heavy atom. The van der Waals surface area contributed by atoms with Crippen LogP contribution in [-0.4, -0.2) is 27.0 Å². The van der Waals surface area contributed by atoms with E-state index in [2.05, 4.69) is 95.3 Å². The fourth-order valence-corrected chi connectivity index (χ4v) is 9.09. The van der Waals surface area contributed by atoms with Crippen molar-refractivity contribution in [2.75, 3.05) is 6.61 Å². The van der Waals surface area contributed by atoms with E-state index in [9.17, 15) is 4.79 Å². The van der Waals surface area contributed by atoms with Crippen molar-refractivity contribution in [1.29, 1.82) is 0 Å². The Hall–Kier alpha value is -1.91. The van der Waals surface area contributed by atoms with Crippen LogP contribution >= 0.6 is 0 Å². The molecule has 1 aliphatic rings. The molecule has 2 aromatic carbocycles. The van der Waals surface area contributed by atoms with Crippen molar-refractivity contribution < 1.29 is 14.0 Å². The van der Waals surface area contributed by atoms with Gasteiger partial charge in [0.1, 0.15) is 6.10 Å². The normalized spacial score (nSPS) is 20.6. The van der Waals surface area contributed by atoms with E-state index in [4.69, 9.17) is 9.16 Å². The summed E-state index contributed by atoms with van der Waals surface area (Å²) in [6.45, 7) is 13.6. The Morgan fingerprint density at radius 2 is 1.41 bits per heavy atom. The molecule has 0 aliphatic carbocycles. The van der Waals surface area contributed by atoms with Crippen LogP contribution in [0.15, 0.2) is 60.7 Å². The Labute approximate surface area is 176 Å². The lowest BCUT2D eigenvalue weighted by atomic mass is 9.84. The highest BCUT2D eigenvalue weighted by Crippen LogP contribution is 2.40. The molecule has 0 aromatic heterocycles. The summed E-state index contributed by atoms with van der Waals surface area (Å²) in [5, 5.41) is 2.48. The predicted molar refractivity (Wildman–Crippen MR) is 121 cm³/mol. The molecule has 3 rings (SSSR count). The molecular formula is C25H34O3Si. The van der Waals surface area contributed by atoms with Crippen LogP contribution in [0.3, 0.4) is 0 Å². The molecule has 1 saturated heterocycles. The standard InChI is InChI=1S/C25H34O3Si/c1-19-17-22(28-23(19)26)25(5,6)18-27-29(24(2,3)4,20-13-9-7-10-14-20)21-15-11-8-12-16-21/h7-16,19,22H,17-18H2,1-6H3/t19-,22-/m1/s1. The summed E-state index contributed by atoms with van der Waals surface area (Å²) >= 11 is 0. The van der Waals surface area contributed by atoms with Crippen LogP contribution in [0.1, 0.15) is 48.0 Å². The number of carbonyl (C=O) groups excluding carboxylic acids is 1. The van der Waals surface area contributed by atoms with Gasteiger partial charge in [-0.1, -0.05) is 102 Å². The molecule has 2 atom stereocenters. The maximum Gasteiger partial charge on any atom is 0.309 e. The minimum Gasteiger partial charge on any atom is -0.461 e. The molecule has 0 unspecified atom stereocenters. The van der Waals surface area contributed by atoms with Crippen molar-refractivity contribution >= 4 is 24.7 Å². The van der Waals surface area contributed by atoms with Gasteiger partial charge in [0.2, 0.25) is 0 Å². The molecule has 0 amide bonds. The maximum atomic E-state index is 12.0. The topological polar surface area (TPSA) is 35.5 Å². The van der Waals surface area contributed by atoms with Gasteiger partial charge in [-0.25, -0.2) is 0 Å². The van der Waals surface area contributed by atoms with Crippen molar-refractivity contribution in [3.63, 3.8) is 0 Å². The van der Waals surface area contributed by atoms with Crippen molar-refractivity contribution in [2.45, 2.75) is 59.1 Å². The summed E-state index contributed by atoms with van der Waals surface area (Å²) in [4.78, 5) is 12.0. The van der Waals surface area contributed by atoms with Gasteiger partial charge in [-0.05, 0) is 21.8 Å². The van der Waals surface area contributed by atoms with Gasteiger partial charge in [-0.15, -0.1) is 0 Å². The predicted octanol–water partition coefficient (Wildman–Crippen LogP) is 4.54. The molecule has 0 radical (unpaired) electrons. The third-order valence-electron chi connectivity index (χ3n) is 6.18. The molecule has 4 heteroatoms. The number of benzene rings is 2. The second-order valence-electron chi connectivity index (χ2n) is 10.0. The number of cyclic esters (lactones) is 1. The van der Waals surface area contributed by atoms with Gasteiger partial charge in [0.05, 0.1) is 5.92 Å². The van der Waals surface area contributed by atoms with Crippen LogP contribution in [0.25, 0.3) is 0 Å². The minimum atomic E-state index is -2.58. The summed E-state index contributed by atoms with van der Waals surface area (Å²) in [6, 6.07) is 21.3. The summed E-state index contributed by atoms with van der Waals surface area (Å²) in [6.07, 6.45) is 0.652. The number of carbonyl (C=O) groups is 1. The van der Waals surface area contributed by atoms with Crippen LogP contribution in [0.2, 0.25) is 5.04 Å². The molecule has 29 heavy (non-hydrogen) atoms. The molecule has 0 N–H and O–H groups in total. The summed E-state index contributed by atoms with van der Waals surface area (Å²) < 4.78 is 12.8. The third-order valence-corrected chi connectivity index (χ3v) is 11.2. The fraction of sp³-hybridized carbons (Fsp3) is 0.480. The quantitative estimate of drug-likeness (QED) is 0.518. The lowest BCUT2D eigenvalue weighted by Crippen LogP contribution is -2.67. The first kappa shape index (κ1) is 21.8. The van der Waals surface area contributed by atoms with E-state index in [1.54, 1.807) is 0 Å². The van der Waals surface area contributed by atoms with Gasteiger partial charge in [-0.3, -0.25) is 4.79 Å². The van der Waals surface area contributed by atoms with E-state index >= 15 is 0 Å². The number of esters is 1. The molecule has 3 nitrogen and oxygen atoms in total. The lowest BCUT2D eigenvalue weighted by molar-refractivity contribution is -0.148. The lowest BCUT2D eigenvalue weighted by Gasteiger charge is -2.45.